The molecular formula is C28H35NO3Si. The molecule has 1 atom stereocenters. The molecule has 2 aromatic carbocycles. The Morgan fingerprint density at radius 2 is 1.73 bits per heavy atom. The molecule has 0 bridgehead atoms. The van der Waals surface area contributed by atoms with E-state index in [9.17, 15) is 4.79 Å². The average Bonchev–Trinajstić information content (AvgIpc) is 3.08. The van der Waals surface area contributed by atoms with Crippen LogP contribution in [-0.4, -0.2) is 31.6 Å². The summed E-state index contributed by atoms with van der Waals surface area (Å²) in [6.45, 7) is 13.9. The number of ether oxygens (including phenoxy) is 1. The van der Waals surface area contributed by atoms with E-state index in [0.717, 1.165) is 23.0 Å². The van der Waals surface area contributed by atoms with Crippen molar-refractivity contribution in [3.05, 3.63) is 71.9 Å². The summed E-state index contributed by atoms with van der Waals surface area (Å²) in [5.41, 5.74) is 3.30. The molecule has 0 spiro atoms. The minimum atomic E-state index is -1.82. The molecule has 1 aromatic heterocycles. The van der Waals surface area contributed by atoms with E-state index in [1.165, 1.54) is 5.56 Å². The monoisotopic (exact) mass is 461 g/mol. The molecule has 0 amide bonds. The lowest BCUT2D eigenvalue weighted by Gasteiger charge is -2.35. The Hall–Kier alpha value is -2.81. The number of para-hydroxylation sites is 1. The van der Waals surface area contributed by atoms with Crippen LogP contribution < -0.4 is 0 Å². The SMILES string of the molecule is CC(C#CCO[Si](C)(C)C(C)(C)C)OC(=O)Cc1cn(Cc2ccccc2)c2ccccc12. The fraction of sp³-hybridized carbons (Fsp3) is 0.393. The Balaban J connectivity index is 1.62. The normalized spacial score (nSPS) is 12.8. The van der Waals surface area contributed by atoms with Crippen LogP contribution in [0.2, 0.25) is 18.1 Å². The molecule has 0 aliphatic rings. The maximum Gasteiger partial charge on any atom is 0.311 e. The summed E-state index contributed by atoms with van der Waals surface area (Å²) in [5.74, 6) is 5.75. The topological polar surface area (TPSA) is 40.5 Å². The second-order valence-corrected chi connectivity index (χ2v) is 14.8. The third-order valence-corrected chi connectivity index (χ3v) is 10.8. The van der Waals surface area contributed by atoms with Gasteiger partial charge in [0.1, 0.15) is 0 Å². The summed E-state index contributed by atoms with van der Waals surface area (Å²) < 4.78 is 13.8. The van der Waals surface area contributed by atoms with Crippen molar-refractivity contribution in [2.75, 3.05) is 6.61 Å². The van der Waals surface area contributed by atoms with E-state index in [4.69, 9.17) is 9.16 Å². The van der Waals surface area contributed by atoms with E-state index in [1.807, 2.05) is 30.3 Å². The minimum absolute atomic E-state index is 0.145. The van der Waals surface area contributed by atoms with E-state index < -0.39 is 14.4 Å². The highest BCUT2D eigenvalue weighted by Gasteiger charge is 2.36. The Morgan fingerprint density at radius 3 is 2.42 bits per heavy atom. The van der Waals surface area contributed by atoms with Crippen molar-refractivity contribution in [1.29, 1.82) is 0 Å². The molecule has 3 aromatic rings. The molecule has 1 heterocycles. The maximum atomic E-state index is 12.6. The molecule has 0 fully saturated rings. The molecule has 0 N–H and O–H groups in total. The van der Waals surface area contributed by atoms with Crippen LogP contribution in [0.15, 0.2) is 60.8 Å². The molecule has 3 rings (SSSR count). The number of nitrogens with zero attached hydrogens (tertiary/aromatic N) is 1. The Labute approximate surface area is 199 Å². The first-order chi connectivity index (χ1) is 15.6. The fourth-order valence-electron chi connectivity index (χ4n) is 3.42. The third-order valence-electron chi connectivity index (χ3n) is 6.33. The lowest BCUT2D eigenvalue weighted by atomic mass is 10.1. The second kappa shape index (κ2) is 10.4. The van der Waals surface area contributed by atoms with Crippen LogP contribution in [0.25, 0.3) is 10.9 Å². The number of aromatic nitrogens is 1. The van der Waals surface area contributed by atoms with E-state index in [2.05, 4.69) is 80.7 Å². The van der Waals surface area contributed by atoms with Gasteiger partial charge in [0.05, 0.1) is 13.0 Å². The predicted octanol–water partition coefficient (Wildman–Crippen LogP) is 6.19. The molecule has 4 nitrogen and oxygen atoms in total. The Kier molecular flexibility index (Phi) is 7.83. The molecule has 174 valence electrons. The van der Waals surface area contributed by atoms with Crippen molar-refractivity contribution in [3.8, 4) is 11.8 Å². The molecule has 0 aliphatic carbocycles. The summed E-state index contributed by atoms with van der Waals surface area (Å²) in [4.78, 5) is 12.6. The largest absolute Gasteiger partial charge is 0.449 e. The molecule has 0 aliphatic heterocycles. The Morgan fingerprint density at radius 1 is 1.06 bits per heavy atom. The van der Waals surface area contributed by atoms with Crippen molar-refractivity contribution in [2.45, 2.75) is 64.9 Å². The fourth-order valence-corrected chi connectivity index (χ4v) is 4.28. The van der Waals surface area contributed by atoms with Crippen LogP contribution >= 0.6 is 0 Å². The van der Waals surface area contributed by atoms with Crippen LogP contribution in [0, 0.1) is 11.8 Å². The van der Waals surface area contributed by atoms with Crippen LogP contribution in [0.3, 0.4) is 0 Å². The number of rotatable bonds is 7. The highest BCUT2D eigenvalue weighted by molar-refractivity contribution is 6.74. The van der Waals surface area contributed by atoms with E-state index in [0.29, 0.717) is 6.61 Å². The summed E-state index contributed by atoms with van der Waals surface area (Å²) in [6.07, 6.45) is 1.80. The highest BCUT2D eigenvalue weighted by Crippen LogP contribution is 2.36. The van der Waals surface area contributed by atoms with Gasteiger partial charge in [-0.25, -0.2) is 0 Å². The lowest BCUT2D eigenvalue weighted by Crippen LogP contribution is -2.40. The third kappa shape index (κ3) is 6.60. The minimum Gasteiger partial charge on any atom is -0.449 e. The van der Waals surface area contributed by atoms with Gasteiger partial charge in [0.15, 0.2) is 14.4 Å². The number of carbonyl (C=O) groups excluding carboxylic acids is 1. The van der Waals surface area contributed by atoms with Gasteiger partial charge in [0, 0.05) is 23.6 Å². The number of benzene rings is 2. The van der Waals surface area contributed by atoms with Crippen LogP contribution in [0.4, 0.5) is 0 Å². The summed E-state index contributed by atoms with van der Waals surface area (Å²) in [6, 6.07) is 18.5. The zero-order valence-corrected chi connectivity index (χ0v) is 21.6. The van der Waals surface area contributed by atoms with Crippen molar-refractivity contribution >= 4 is 25.2 Å². The second-order valence-electron chi connectivity index (χ2n) is 9.96. The highest BCUT2D eigenvalue weighted by atomic mass is 28.4. The van der Waals surface area contributed by atoms with Crippen LogP contribution in [0.5, 0.6) is 0 Å². The zero-order valence-electron chi connectivity index (χ0n) is 20.6. The van der Waals surface area contributed by atoms with Gasteiger partial charge in [-0.1, -0.05) is 81.1 Å². The van der Waals surface area contributed by atoms with Gasteiger partial charge in [-0.05, 0) is 42.2 Å². The first-order valence-electron chi connectivity index (χ1n) is 11.5. The molecule has 0 saturated carbocycles. The van der Waals surface area contributed by atoms with Crippen molar-refractivity contribution in [1.82, 2.24) is 4.57 Å². The van der Waals surface area contributed by atoms with Gasteiger partial charge < -0.3 is 13.7 Å². The lowest BCUT2D eigenvalue weighted by molar-refractivity contribution is -0.144. The van der Waals surface area contributed by atoms with Crippen molar-refractivity contribution in [3.63, 3.8) is 0 Å². The van der Waals surface area contributed by atoms with Crippen molar-refractivity contribution in [2.24, 2.45) is 0 Å². The van der Waals surface area contributed by atoms with E-state index in [1.54, 1.807) is 6.92 Å². The standard InChI is InChI=1S/C28H35NO3Si/c1-22(13-12-18-31-33(5,6)28(2,3)4)32-27(30)19-24-21-29(20-23-14-8-7-9-15-23)26-17-11-10-16-25(24)26/h7-11,14-17,21-22H,18-20H2,1-6H3. The first kappa shape index (κ1) is 24.8. The molecule has 0 saturated heterocycles. The molecule has 5 heteroatoms. The molecule has 0 radical (unpaired) electrons. The summed E-state index contributed by atoms with van der Waals surface area (Å²) >= 11 is 0. The molecule has 1 unspecified atom stereocenters. The van der Waals surface area contributed by atoms with Gasteiger partial charge in [-0.3, -0.25) is 4.79 Å². The first-order valence-corrected chi connectivity index (χ1v) is 14.4. The van der Waals surface area contributed by atoms with Gasteiger partial charge in [0.2, 0.25) is 0 Å². The number of esters is 1. The quantitative estimate of drug-likeness (QED) is 0.239. The average molecular weight is 462 g/mol. The van der Waals surface area contributed by atoms with Gasteiger partial charge in [0.25, 0.3) is 0 Å². The molecule has 33 heavy (non-hydrogen) atoms. The van der Waals surface area contributed by atoms with Gasteiger partial charge in [-0.2, -0.15) is 0 Å². The molecular weight excluding hydrogens is 426 g/mol. The number of hydrogen-bond acceptors (Lipinski definition) is 3. The Bertz CT molecular complexity index is 1150. The number of hydrogen-bond donors (Lipinski definition) is 0. The summed E-state index contributed by atoms with van der Waals surface area (Å²) in [5, 5.41) is 1.22. The smallest absolute Gasteiger partial charge is 0.311 e. The van der Waals surface area contributed by atoms with E-state index in [-0.39, 0.29) is 17.4 Å². The van der Waals surface area contributed by atoms with Crippen LogP contribution in [0.1, 0.15) is 38.8 Å². The number of carbonyl (C=O) groups is 1. The van der Waals surface area contributed by atoms with Gasteiger partial charge in [-0.15, -0.1) is 0 Å². The maximum absolute atomic E-state index is 12.6. The van der Waals surface area contributed by atoms with E-state index >= 15 is 0 Å². The summed E-state index contributed by atoms with van der Waals surface area (Å²) in [7, 11) is -1.82. The van der Waals surface area contributed by atoms with Crippen LogP contribution in [-0.2, 0) is 26.9 Å². The predicted molar refractivity (Wildman–Crippen MR) is 138 cm³/mol. The van der Waals surface area contributed by atoms with Crippen molar-refractivity contribution < 1.29 is 14.0 Å². The number of fused-ring (bicyclic) bond motifs is 1. The zero-order chi connectivity index (χ0) is 24.1. The van der Waals surface area contributed by atoms with Gasteiger partial charge >= 0.3 is 5.97 Å².